The molecule has 0 amide bonds. The van der Waals surface area contributed by atoms with Gasteiger partial charge in [0.2, 0.25) is 0 Å². The molecule has 0 nitrogen and oxygen atoms in total. The third-order valence-electron chi connectivity index (χ3n) is 2.17. The Morgan fingerprint density at radius 3 is 1.73 bits per heavy atom. The van der Waals surface area contributed by atoms with Crippen LogP contribution < -0.4 is 0 Å². The zero-order valence-electron chi connectivity index (χ0n) is 9.40. The zero-order chi connectivity index (χ0) is 11.4. The molecule has 0 N–H and O–H groups in total. The minimum Gasteiger partial charge on any atom is -0.171 e. The van der Waals surface area contributed by atoms with E-state index in [-0.39, 0.29) is 0 Å². The lowest BCUT2D eigenvalue weighted by atomic mass is 10.1. The Hall–Kier alpha value is 0.620. The molecule has 0 bridgehead atoms. The normalized spacial score (nSPS) is 12.9. The number of benzene rings is 1. The van der Waals surface area contributed by atoms with Crippen LogP contribution in [0.5, 0.6) is 0 Å². The fraction of sp³-hybridized carbons (Fsp3) is 0.455. The van der Waals surface area contributed by atoms with E-state index in [1.165, 1.54) is 20.2 Å². The van der Waals surface area contributed by atoms with E-state index in [1.54, 1.807) is 11.8 Å². The predicted octanol–water partition coefficient (Wildman–Crippen LogP) is 4.84. The SMILES string of the molecule is CSc1cc(SC)c(C(C)S)c(SC)c1. The largest absolute Gasteiger partial charge is 0.171 e. The molecule has 0 radical (unpaired) electrons. The highest BCUT2D eigenvalue weighted by atomic mass is 32.2. The summed E-state index contributed by atoms with van der Waals surface area (Å²) in [5, 5.41) is 0.297. The van der Waals surface area contributed by atoms with Crippen molar-refractivity contribution < 1.29 is 0 Å². The number of thiol groups is 1. The molecule has 1 aromatic carbocycles. The first kappa shape index (κ1) is 13.7. The van der Waals surface area contributed by atoms with Gasteiger partial charge in [-0.1, -0.05) is 0 Å². The van der Waals surface area contributed by atoms with Gasteiger partial charge in [0.1, 0.15) is 0 Å². The van der Waals surface area contributed by atoms with Crippen LogP contribution in [0.1, 0.15) is 17.7 Å². The van der Waals surface area contributed by atoms with Crippen molar-refractivity contribution in [1.82, 2.24) is 0 Å². The molecule has 0 aliphatic heterocycles. The molecule has 1 atom stereocenters. The van der Waals surface area contributed by atoms with Crippen LogP contribution in [-0.4, -0.2) is 18.8 Å². The van der Waals surface area contributed by atoms with Gasteiger partial charge in [0.25, 0.3) is 0 Å². The summed E-state index contributed by atoms with van der Waals surface area (Å²) in [4.78, 5) is 4.05. The highest BCUT2D eigenvalue weighted by Gasteiger charge is 2.13. The molecule has 1 unspecified atom stereocenters. The molecule has 1 aromatic rings. The van der Waals surface area contributed by atoms with Crippen molar-refractivity contribution in [3.05, 3.63) is 17.7 Å². The first-order valence-electron chi connectivity index (χ1n) is 4.62. The Bertz CT molecular complexity index is 308. The molecule has 0 fully saturated rings. The van der Waals surface area contributed by atoms with Crippen LogP contribution in [-0.2, 0) is 0 Å². The van der Waals surface area contributed by atoms with E-state index < -0.39 is 0 Å². The van der Waals surface area contributed by atoms with Crippen LogP contribution in [0.2, 0.25) is 0 Å². The van der Waals surface area contributed by atoms with Crippen molar-refractivity contribution in [1.29, 1.82) is 0 Å². The van der Waals surface area contributed by atoms with Gasteiger partial charge in [-0.15, -0.1) is 35.3 Å². The van der Waals surface area contributed by atoms with E-state index in [0.29, 0.717) is 5.25 Å². The predicted molar refractivity (Wildman–Crippen MR) is 79.2 cm³/mol. The van der Waals surface area contributed by atoms with Gasteiger partial charge in [-0.25, -0.2) is 0 Å². The summed E-state index contributed by atoms with van der Waals surface area (Å²) in [5.41, 5.74) is 1.37. The van der Waals surface area contributed by atoms with E-state index >= 15 is 0 Å². The molecule has 84 valence electrons. The molecule has 0 aliphatic rings. The average molecular weight is 277 g/mol. The van der Waals surface area contributed by atoms with Crippen molar-refractivity contribution >= 4 is 47.9 Å². The Morgan fingerprint density at radius 1 is 1.00 bits per heavy atom. The van der Waals surface area contributed by atoms with Gasteiger partial charge in [0.05, 0.1) is 0 Å². The number of thioether (sulfide) groups is 3. The van der Waals surface area contributed by atoms with Crippen molar-refractivity contribution in [2.24, 2.45) is 0 Å². The second kappa shape index (κ2) is 6.38. The van der Waals surface area contributed by atoms with E-state index in [0.717, 1.165) is 0 Å². The molecular formula is C11H16S4. The Balaban J connectivity index is 3.32. The average Bonchev–Trinajstić information content (AvgIpc) is 2.26. The van der Waals surface area contributed by atoms with Crippen LogP contribution in [0.4, 0.5) is 0 Å². The van der Waals surface area contributed by atoms with Gasteiger partial charge < -0.3 is 0 Å². The topological polar surface area (TPSA) is 0 Å². The minimum atomic E-state index is 0.297. The molecule has 0 aromatic heterocycles. The standard InChI is InChI=1S/C11H16S4/c1-7(12)11-9(14-3)5-8(13-2)6-10(11)15-4/h5-7,12H,1-4H3. The van der Waals surface area contributed by atoms with Crippen LogP contribution in [0.15, 0.2) is 26.8 Å². The monoisotopic (exact) mass is 276 g/mol. The maximum Gasteiger partial charge on any atom is 0.0261 e. The second-order valence-corrected chi connectivity index (χ2v) is 6.47. The summed E-state index contributed by atoms with van der Waals surface area (Å²) in [6.07, 6.45) is 6.37. The van der Waals surface area contributed by atoms with E-state index in [4.69, 9.17) is 0 Å². The van der Waals surface area contributed by atoms with Gasteiger partial charge in [-0.3, -0.25) is 0 Å². The maximum atomic E-state index is 4.56. The Labute approximate surface area is 111 Å². The lowest BCUT2D eigenvalue weighted by molar-refractivity contribution is 0.989. The Kier molecular flexibility index (Phi) is 5.82. The zero-order valence-corrected chi connectivity index (χ0v) is 12.7. The first-order chi connectivity index (χ1) is 7.13. The van der Waals surface area contributed by atoms with E-state index in [9.17, 15) is 0 Å². The highest BCUT2D eigenvalue weighted by molar-refractivity contribution is 8.00. The van der Waals surface area contributed by atoms with Gasteiger partial charge >= 0.3 is 0 Å². The van der Waals surface area contributed by atoms with Gasteiger partial charge in [-0.05, 0) is 43.4 Å². The van der Waals surface area contributed by atoms with Crippen LogP contribution in [0.25, 0.3) is 0 Å². The lowest BCUT2D eigenvalue weighted by Crippen LogP contribution is -1.93. The summed E-state index contributed by atoms with van der Waals surface area (Å²) in [6, 6.07) is 4.52. The van der Waals surface area contributed by atoms with Crippen LogP contribution in [0, 0.1) is 0 Å². The summed E-state index contributed by atoms with van der Waals surface area (Å²) < 4.78 is 0. The number of hydrogen-bond acceptors (Lipinski definition) is 4. The summed E-state index contributed by atoms with van der Waals surface area (Å²) in [6.45, 7) is 2.14. The van der Waals surface area contributed by atoms with Gasteiger partial charge in [0.15, 0.2) is 0 Å². The molecule has 0 saturated heterocycles. The fourth-order valence-corrected chi connectivity index (χ4v) is 4.09. The minimum absolute atomic E-state index is 0.297. The molecule has 0 saturated carbocycles. The van der Waals surface area contributed by atoms with Crippen molar-refractivity contribution in [2.45, 2.75) is 26.9 Å². The molecule has 0 aliphatic carbocycles. The third kappa shape index (κ3) is 3.29. The van der Waals surface area contributed by atoms with Gasteiger partial charge in [0, 0.05) is 19.9 Å². The lowest BCUT2D eigenvalue weighted by Gasteiger charge is -2.16. The second-order valence-electron chi connectivity index (χ2n) is 3.12. The maximum absolute atomic E-state index is 4.56. The van der Waals surface area contributed by atoms with E-state index in [1.807, 2.05) is 23.5 Å². The number of rotatable bonds is 4. The summed E-state index contributed by atoms with van der Waals surface area (Å²) >= 11 is 9.98. The first-order valence-corrected chi connectivity index (χ1v) is 8.81. The molecule has 4 heteroatoms. The molecule has 0 spiro atoms. The quantitative estimate of drug-likeness (QED) is 0.617. The smallest absolute Gasteiger partial charge is 0.0261 e. The van der Waals surface area contributed by atoms with Crippen molar-refractivity contribution in [3.8, 4) is 0 Å². The van der Waals surface area contributed by atoms with E-state index in [2.05, 4.69) is 50.5 Å². The highest BCUT2D eigenvalue weighted by Crippen LogP contribution is 2.39. The van der Waals surface area contributed by atoms with Crippen molar-refractivity contribution in [3.63, 3.8) is 0 Å². The molecule has 1 rings (SSSR count). The third-order valence-corrected chi connectivity index (χ3v) is 4.69. The number of hydrogen-bond donors (Lipinski definition) is 1. The molecule has 15 heavy (non-hydrogen) atoms. The summed E-state index contributed by atoms with van der Waals surface area (Å²) in [7, 11) is 0. The Morgan fingerprint density at radius 2 is 1.47 bits per heavy atom. The van der Waals surface area contributed by atoms with Gasteiger partial charge in [-0.2, -0.15) is 12.6 Å². The van der Waals surface area contributed by atoms with Crippen LogP contribution >= 0.6 is 47.9 Å². The fourth-order valence-electron chi connectivity index (χ4n) is 1.44. The molecular weight excluding hydrogens is 260 g/mol. The molecule has 0 heterocycles. The van der Waals surface area contributed by atoms with Crippen molar-refractivity contribution in [2.75, 3.05) is 18.8 Å². The van der Waals surface area contributed by atoms with Crippen LogP contribution in [0.3, 0.4) is 0 Å². The summed E-state index contributed by atoms with van der Waals surface area (Å²) in [5.74, 6) is 0.